The smallest absolute Gasteiger partial charge is 0.163 e. The molecule has 1 heterocycles. The van der Waals surface area contributed by atoms with Gasteiger partial charge in [0.05, 0.1) is 6.42 Å². The van der Waals surface area contributed by atoms with Crippen LogP contribution in [0.4, 0.5) is 5.69 Å². The monoisotopic (exact) mass is 284 g/mol. The van der Waals surface area contributed by atoms with E-state index in [4.69, 9.17) is 5.73 Å². The lowest BCUT2D eigenvalue weighted by atomic mass is 10.1. The number of hydrogen-bond donors (Lipinski definition) is 1. The Morgan fingerprint density at radius 1 is 1.33 bits per heavy atom. The number of allylic oxidation sites excluding steroid dienone is 1. The molecule has 0 aliphatic heterocycles. The first-order valence-electron chi connectivity index (χ1n) is 6.97. The molecule has 0 atom stereocenters. The molecule has 0 fully saturated rings. The van der Waals surface area contributed by atoms with Crippen LogP contribution in [0.1, 0.15) is 25.2 Å². The molecule has 110 valence electrons. The molecule has 5 heteroatoms. The van der Waals surface area contributed by atoms with Gasteiger partial charge < -0.3 is 5.73 Å². The number of ketones is 1. The lowest BCUT2D eigenvalue weighted by Crippen LogP contribution is -2.13. The Balaban J connectivity index is 1.98. The number of carbonyl (C=O) groups is 1. The van der Waals surface area contributed by atoms with E-state index in [9.17, 15) is 4.79 Å². The summed E-state index contributed by atoms with van der Waals surface area (Å²) in [5.41, 5.74) is 7.27. The maximum absolute atomic E-state index is 12.0. The molecule has 0 bridgehead atoms. The van der Waals surface area contributed by atoms with E-state index >= 15 is 0 Å². The molecule has 1 aromatic heterocycles. The summed E-state index contributed by atoms with van der Waals surface area (Å²) in [5, 5.41) is 4.15. The van der Waals surface area contributed by atoms with Crippen LogP contribution in [-0.4, -0.2) is 20.5 Å². The minimum Gasteiger partial charge on any atom is -0.399 e. The molecule has 1 aromatic carbocycles. The normalized spacial score (nSPS) is 11.4. The van der Waals surface area contributed by atoms with Crippen molar-refractivity contribution in [3.63, 3.8) is 0 Å². The summed E-state index contributed by atoms with van der Waals surface area (Å²) >= 11 is 0. The second-order valence-electron chi connectivity index (χ2n) is 5.40. The van der Waals surface area contributed by atoms with Gasteiger partial charge in [-0.05, 0) is 29.7 Å². The van der Waals surface area contributed by atoms with E-state index in [0.717, 1.165) is 12.1 Å². The van der Waals surface area contributed by atoms with Gasteiger partial charge in [0.25, 0.3) is 0 Å². The first-order chi connectivity index (χ1) is 10.0. The molecule has 2 N–H and O–H groups in total. The summed E-state index contributed by atoms with van der Waals surface area (Å²) < 4.78 is 1.79. The van der Waals surface area contributed by atoms with E-state index in [0.29, 0.717) is 17.4 Å². The van der Waals surface area contributed by atoms with Gasteiger partial charge in [0, 0.05) is 12.2 Å². The zero-order chi connectivity index (χ0) is 15.2. The van der Waals surface area contributed by atoms with Crippen molar-refractivity contribution in [1.82, 2.24) is 14.8 Å². The highest BCUT2D eigenvalue weighted by molar-refractivity contribution is 5.94. The molecule has 21 heavy (non-hydrogen) atoms. The zero-order valence-corrected chi connectivity index (χ0v) is 12.4. The Labute approximate surface area is 124 Å². The third-order valence-corrected chi connectivity index (χ3v) is 2.96. The first-order valence-corrected chi connectivity index (χ1v) is 6.97. The maximum atomic E-state index is 12.0. The zero-order valence-electron chi connectivity index (χ0n) is 12.4. The summed E-state index contributed by atoms with van der Waals surface area (Å²) in [7, 11) is 0. The maximum Gasteiger partial charge on any atom is 0.163 e. The van der Waals surface area contributed by atoms with Crippen molar-refractivity contribution in [1.29, 1.82) is 0 Å². The van der Waals surface area contributed by atoms with Crippen molar-refractivity contribution in [3.05, 3.63) is 48.1 Å². The predicted molar refractivity (Wildman–Crippen MR) is 83.5 cm³/mol. The highest BCUT2D eigenvalue weighted by Gasteiger charge is 2.09. The molecule has 0 amide bonds. The third-order valence-electron chi connectivity index (χ3n) is 2.96. The van der Waals surface area contributed by atoms with E-state index < -0.39 is 0 Å². The van der Waals surface area contributed by atoms with E-state index in [1.165, 1.54) is 6.33 Å². The lowest BCUT2D eigenvalue weighted by molar-refractivity contribution is -0.114. The summed E-state index contributed by atoms with van der Waals surface area (Å²) in [6.45, 7) is 4.98. The molecule has 0 saturated carbocycles. The number of rotatable bonds is 6. The molecule has 2 aromatic rings. The number of benzene rings is 1. The van der Waals surface area contributed by atoms with Crippen molar-refractivity contribution in [2.24, 2.45) is 5.92 Å². The molecule has 0 saturated heterocycles. The molecular formula is C16H20N4O. The molecular weight excluding hydrogens is 264 g/mol. The molecule has 0 aliphatic carbocycles. The van der Waals surface area contributed by atoms with E-state index in [1.807, 2.05) is 24.3 Å². The van der Waals surface area contributed by atoms with Gasteiger partial charge >= 0.3 is 0 Å². The average Bonchev–Trinajstić information content (AvgIpc) is 2.84. The van der Waals surface area contributed by atoms with Gasteiger partial charge in [0.2, 0.25) is 0 Å². The van der Waals surface area contributed by atoms with Gasteiger partial charge in [-0.1, -0.05) is 32.1 Å². The second-order valence-corrected chi connectivity index (χ2v) is 5.40. The van der Waals surface area contributed by atoms with Crippen molar-refractivity contribution < 1.29 is 4.79 Å². The van der Waals surface area contributed by atoms with Crippen LogP contribution in [0.3, 0.4) is 0 Å². The molecule has 0 radical (unpaired) electrons. The van der Waals surface area contributed by atoms with E-state index in [2.05, 4.69) is 23.9 Å². The van der Waals surface area contributed by atoms with Crippen molar-refractivity contribution >= 4 is 17.5 Å². The van der Waals surface area contributed by atoms with Crippen LogP contribution in [0.25, 0.3) is 6.08 Å². The van der Waals surface area contributed by atoms with Crippen LogP contribution < -0.4 is 5.73 Å². The van der Waals surface area contributed by atoms with Crippen molar-refractivity contribution in [3.8, 4) is 0 Å². The highest BCUT2D eigenvalue weighted by atomic mass is 16.1. The number of anilines is 1. The van der Waals surface area contributed by atoms with Gasteiger partial charge in [0.1, 0.15) is 12.2 Å². The quantitative estimate of drug-likeness (QED) is 0.652. The minimum atomic E-state index is 0.00447. The van der Waals surface area contributed by atoms with Gasteiger partial charge in [-0.3, -0.25) is 4.79 Å². The fourth-order valence-electron chi connectivity index (χ4n) is 1.93. The standard InChI is InChI=1S/C16H20N4O/c1-12(2)10-20-16(18-11-19-20)9-15(21)8-5-13-3-6-14(17)7-4-13/h3-8,11-12H,9-10,17H2,1-2H3/b8-5+. The van der Waals surface area contributed by atoms with Crippen LogP contribution in [-0.2, 0) is 17.8 Å². The Hall–Kier alpha value is -2.43. The van der Waals surface area contributed by atoms with Gasteiger partial charge in [-0.2, -0.15) is 5.10 Å². The predicted octanol–water partition coefficient (Wildman–Crippen LogP) is 2.34. The van der Waals surface area contributed by atoms with Crippen LogP contribution in [0.5, 0.6) is 0 Å². The number of aromatic nitrogens is 3. The van der Waals surface area contributed by atoms with Crippen molar-refractivity contribution in [2.75, 3.05) is 5.73 Å². The van der Waals surface area contributed by atoms with Crippen molar-refractivity contribution in [2.45, 2.75) is 26.8 Å². The summed E-state index contributed by atoms with van der Waals surface area (Å²) in [5.74, 6) is 1.17. The largest absolute Gasteiger partial charge is 0.399 e. The number of nitrogen functional groups attached to an aromatic ring is 1. The number of carbonyl (C=O) groups excluding carboxylic acids is 1. The number of hydrogen-bond acceptors (Lipinski definition) is 4. The number of nitrogens with two attached hydrogens (primary N) is 1. The Kier molecular flexibility index (Phi) is 4.87. The lowest BCUT2D eigenvalue weighted by Gasteiger charge is -2.07. The van der Waals surface area contributed by atoms with Gasteiger partial charge in [-0.15, -0.1) is 0 Å². The Morgan fingerprint density at radius 2 is 2.05 bits per heavy atom. The molecule has 5 nitrogen and oxygen atoms in total. The first kappa shape index (κ1) is 15.0. The Morgan fingerprint density at radius 3 is 2.71 bits per heavy atom. The molecule has 0 unspecified atom stereocenters. The SMILES string of the molecule is CC(C)Cn1ncnc1CC(=O)/C=C/c1ccc(N)cc1. The Bertz CT molecular complexity index is 626. The average molecular weight is 284 g/mol. The molecule has 0 aliphatic rings. The molecule has 2 rings (SSSR count). The van der Waals surface area contributed by atoms with Crippen LogP contribution in [0.2, 0.25) is 0 Å². The van der Waals surface area contributed by atoms with Crippen LogP contribution in [0.15, 0.2) is 36.7 Å². The topological polar surface area (TPSA) is 73.8 Å². The van der Waals surface area contributed by atoms with E-state index in [1.54, 1.807) is 16.8 Å². The summed E-state index contributed by atoms with van der Waals surface area (Å²) in [6.07, 6.45) is 5.11. The van der Waals surface area contributed by atoms with Gasteiger partial charge in [-0.25, -0.2) is 9.67 Å². The number of nitrogens with zero attached hydrogens (tertiary/aromatic N) is 3. The summed E-state index contributed by atoms with van der Waals surface area (Å²) in [4.78, 5) is 16.2. The van der Waals surface area contributed by atoms with Gasteiger partial charge in [0.15, 0.2) is 5.78 Å². The molecule has 0 spiro atoms. The van der Waals surface area contributed by atoms with Crippen LogP contribution in [0, 0.1) is 5.92 Å². The second kappa shape index (κ2) is 6.83. The fraction of sp³-hybridized carbons (Fsp3) is 0.312. The minimum absolute atomic E-state index is 0.00447. The van der Waals surface area contributed by atoms with E-state index in [-0.39, 0.29) is 12.2 Å². The van der Waals surface area contributed by atoms with Crippen LogP contribution >= 0.6 is 0 Å². The fourth-order valence-corrected chi connectivity index (χ4v) is 1.93. The summed E-state index contributed by atoms with van der Waals surface area (Å²) in [6, 6.07) is 7.37. The highest BCUT2D eigenvalue weighted by Crippen LogP contribution is 2.08. The third kappa shape index (κ3) is 4.56.